The molecular weight excluding hydrogens is 184 g/mol. The van der Waals surface area contributed by atoms with Gasteiger partial charge in [-0.1, -0.05) is 12.1 Å². The number of aromatic amines is 1. The molecule has 0 saturated heterocycles. The van der Waals surface area contributed by atoms with E-state index < -0.39 is 0 Å². The summed E-state index contributed by atoms with van der Waals surface area (Å²) in [5, 5.41) is 4.93. The van der Waals surface area contributed by atoms with Crippen LogP contribution in [0.4, 0.5) is 0 Å². The molecule has 1 aliphatic rings. The Morgan fingerprint density at radius 1 is 1.33 bits per heavy atom. The third kappa shape index (κ3) is 1.21. The van der Waals surface area contributed by atoms with Gasteiger partial charge in [-0.15, -0.1) is 0 Å². The normalized spacial score (nSPS) is 20.5. The molecule has 0 aliphatic carbocycles. The van der Waals surface area contributed by atoms with Crippen LogP contribution in [0.25, 0.3) is 10.9 Å². The number of H-pyrrole nitrogens is 1. The summed E-state index contributed by atoms with van der Waals surface area (Å²) in [5.41, 5.74) is 5.58. The van der Waals surface area contributed by atoms with Crippen molar-refractivity contribution >= 4 is 10.9 Å². The van der Waals surface area contributed by atoms with Crippen molar-refractivity contribution in [1.82, 2.24) is 10.3 Å². The smallest absolute Gasteiger partial charge is 0.0462 e. The zero-order chi connectivity index (χ0) is 10.4. The number of aromatic nitrogens is 1. The van der Waals surface area contributed by atoms with Crippen molar-refractivity contribution in [2.45, 2.75) is 26.3 Å². The minimum atomic E-state index is 0.459. The summed E-state index contributed by atoms with van der Waals surface area (Å²) < 4.78 is 0. The highest BCUT2D eigenvalue weighted by atomic mass is 15.0. The van der Waals surface area contributed by atoms with Crippen molar-refractivity contribution in [2.75, 3.05) is 6.54 Å². The van der Waals surface area contributed by atoms with Crippen LogP contribution in [0.5, 0.6) is 0 Å². The fourth-order valence-electron chi connectivity index (χ4n) is 2.67. The van der Waals surface area contributed by atoms with E-state index in [9.17, 15) is 0 Å². The van der Waals surface area contributed by atoms with Gasteiger partial charge in [-0.25, -0.2) is 0 Å². The number of hydrogen-bond acceptors (Lipinski definition) is 1. The standard InChI is InChI=1S/C13H16N2/c1-8-4-3-5-11-12(8)10-6-7-14-9(2)13(10)15-11/h3-5,9,14-15H,6-7H2,1-2H3. The van der Waals surface area contributed by atoms with Gasteiger partial charge in [0, 0.05) is 22.6 Å². The average molecular weight is 200 g/mol. The first-order valence-electron chi connectivity index (χ1n) is 5.61. The molecule has 0 spiro atoms. The monoisotopic (exact) mass is 200 g/mol. The summed E-state index contributed by atoms with van der Waals surface area (Å²) in [4.78, 5) is 3.54. The molecule has 3 rings (SSSR count). The lowest BCUT2D eigenvalue weighted by Gasteiger charge is -2.20. The van der Waals surface area contributed by atoms with Crippen LogP contribution in [0, 0.1) is 6.92 Å². The Kier molecular flexibility index (Phi) is 1.86. The van der Waals surface area contributed by atoms with Gasteiger partial charge in [0.15, 0.2) is 0 Å². The van der Waals surface area contributed by atoms with Crippen LogP contribution in [0.1, 0.15) is 29.8 Å². The van der Waals surface area contributed by atoms with Crippen LogP contribution in [0.2, 0.25) is 0 Å². The molecule has 2 heteroatoms. The first-order valence-corrected chi connectivity index (χ1v) is 5.61. The van der Waals surface area contributed by atoms with Gasteiger partial charge in [0.05, 0.1) is 0 Å². The molecule has 1 aromatic carbocycles. The lowest BCUT2D eigenvalue weighted by atomic mass is 9.98. The van der Waals surface area contributed by atoms with Crippen molar-refractivity contribution in [1.29, 1.82) is 0 Å². The van der Waals surface area contributed by atoms with Crippen LogP contribution in [-0.4, -0.2) is 11.5 Å². The van der Waals surface area contributed by atoms with E-state index >= 15 is 0 Å². The summed E-state index contributed by atoms with van der Waals surface area (Å²) in [7, 11) is 0. The van der Waals surface area contributed by atoms with E-state index in [1.807, 2.05) is 0 Å². The summed E-state index contributed by atoms with van der Waals surface area (Å²) >= 11 is 0. The van der Waals surface area contributed by atoms with Crippen molar-refractivity contribution in [3.05, 3.63) is 35.0 Å². The van der Waals surface area contributed by atoms with Crippen LogP contribution in [0.15, 0.2) is 18.2 Å². The molecule has 2 heterocycles. The zero-order valence-corrected chi connectivity index (χ0v) is 9.22. The highest BCUT2D eigenvalue weighted by molar-refractivity contribution is 5.88. The van der Waals surface area contributed by atoms with E-state index in [0.717, 1.165) is 13.0 Å². The van der Waals surface area contributed by atoms with Crippen molar-refractivity contribution in [2.24, 2.45) is 0 Å². The second-order valence-electron chi connectivity index (χ2n) is 4.44. The third-order valence-corrected chi connectivity index (χ3v) is 3.43. The molecule has 0 amide bonds. The van der Waals surface area contributed by atoms with E-state index in [0.29, 0.717) is 6.04 Å². The quantitative estimate of drug-likeness (QED) is 0.672. The number of fused-ring (bicyclic) bond motifs is 3. The Hall–Kier alpha value is -1.28. The zero-order valence-electron chi connectivity index (χ0n) is 9.22. The van der Waals surface area contributed by atoms with Gasteiger partial charge >= 0.3 is 0 Å². The maximum Gasteiger partial charge on any atom is 0.0462 e. The second kappa shape index (κ2) is 3.11. The Labute approximate surface area is 89.7 Å². The highest BCUT2D eigenvalue weighted by Gasteiger charge is 2.20. The molecule has 1 aromatic heterocycles. The van der Waals surface area contributed by atoms with E-state index in [1.54, 1.807) is 0 Å². The predicted octanol–water partition coefficient (Wildman–Crippen LogP) is 2.68. The third-order valence-electron chi connectivity index (χ3n) is 3.43. The van der Waals surface area contributed by atoms with Gasteiger partial charge in [0.25, 0.3) is 0 Å². The Balaban J connectivity index is 2.36. The topological polar surface area (TPSA) is 27.8 Å². The number of nitrogens with one attached hydrogen (secondary N) is 2. The van der Waals surface area contributed by atoms with Crippen LogP contribution < -0.4 is 5.32 Å². The maximum atomic E-state index is 3.54. The highest BCUT2D eigenvalue weighted by Crippen LogP contribution is 2.31. The number of benzene rings is 1. The molecule has 2 aromatic rings. The lowest BCUT2D eigenvalue weighted by molar-refractivity contribution is 0.533. The Morgan fingerprint density at radius 2 is 2.20 bits per heavy atom. The first kappa shape index (κ1) is 8.98. The molecule has 1 atom stereocenters. The minimum absolute atomic E-state index is 0.459. The van der Waals surface area contributed by atoms with Gasteiger partial charge in [-0.3, -0.25) is 0 Å². The molecule has 0 saturated carbocycles. The molecule has 2 nitrogen and oxygen atoms in total. The van der Waals surface area contributed by atoms with Crippen LogP contribution in [0.3, 0.4) is 0 Å². The van der Waals surface area contributed by atoms with Gasteiger partial charge < -0.3 is 10.3 Å². The SMILES string of the molecule is Cc1cccc2[nH]c3c(c12)CCNC3C. The molecule has 1 aliphatic heterocycles. The molecular formula is C13H16N2. The molecule has 78 valence electrons. The Bertz CT molecular complexity index is 510. The summed E-state index contributed by atoms with van der Waals surface area (Å²) in [5.74, 6) is 0. The van der Waals surface area contributed by atoms with E-state index in [1.165, 1.54) is 27.7 Å². The van der Waals surface area contributed by atoms with E-state index in [-0.39, 0.29) is 0 Å². The first-order chi connectivity index (χ1) is 7.27. The summed E-state index contributed by atoms with van der Waals surface area (Å²) in [6, 6.07) is 6.95. The molecule has 0 radical (unpaired) electrons. The number of hydrogen-bond donors (Lipinski definition) is 2. The molecule has 0 bridgehead atoms. The van der Waals surface area contributed by atoms with Gasteiger partial charge in [0.1, 0.15) is 0 Å². The van der Waals surface area contributed by atoms with E-state index in [2.05, 4.69) is 42.3 Å². The van der Waals surface area contributed by atoms with Crippen molar-refractivity contribution in [3.63, 3.8) is 0 Å². The van der Waals surface area contributed by atoms with E-state index in [4.69, 9.17) is 0 Å². The second-order valence-corrected chi connectivity index (χ2v) is 4.44. The minimum Gasteiger partial charge on any atom is -0.357 e. The number of rotatable bonds is 0. The van der Waals surface area contributed by atoms with Gasteiger partial charge in [-0.05, 0) is 44.0 Å². The van der Waals surface area contributed by atoms with Gasteiger partial charge in [0.2, 0.25) is 0 Å². The Morgan fingerprint density at radius 3 is 3.07 bits per heavy atom. The fourth-order valence-corrected chi connectivity index (χ4v) is 2.67. The van der Waals surface area contributed by atoms with Gasteiger partial charge in [-0.2, -0.15) is 0 Å². The molecule has 0 fully saturated rings. The molecule has 1 unspecified atom stereocenters. The van der Waals surface area contributed by atoms with Crippen LogP contribution in [-0.2, 0) is 6.42 Å². The summed E-state index contributed by atoms with van der Waals surface area (Å²) in [6.45, 7) is 5.52. The number of aryl methyl sites for hydroxylation is 1. The predicted molar refractivity (Wildman–Crippen MR) is 63.2 cm³/mol. The maximum absolute atomic E-state index is 3.54. The fraction of sp³-hybridized carbons (Fsp3) is 0.385. The molecule has 2 N–H and O–H groups in total. The van der Waals surface area contributed by atoms with Crippen LogP contribution >= 0.6 is 0 Å². The lowest BCUT2D eigenvalue weighted by Crippen LogP contribution is -2.27. The van der Waals surface area contributed by atoms with Crippen molar-refractivity contribution < 1.29 is 0 Å². The average Bonchev–Trinajstić information content (AvgIpc) is 2.59. The largest absolute Gasteiger partial charge is 0.357 e. The summed E-state index contributed by atoms with van der Waals surface area (Å²) in [6.07, 6.45) is 1.14. The van der Waals surface area contributed by atoms with Crippen molar-refractivity contribution in [3.8, 4) is 0 Å². The molecule has 15 heavy (non-hydrogen) atoms.